The molecule has 0 spiro atoms. The number of nitrogens with zero attached hydrogens (tertiary/aromatic N) is 2. The quantitative estimate of drug-likeness (QED) is 0.0969. The van der Waals surface area contributed by atoms with E-state index in [1.807, 2.05) is 0 Å². The second-order valence-corrected chi connectivity index (χ2v) is 6.28. The number of hydrogen-bond acceptors (Lipinski definition) is 7. The SMILES string of the molecule is CN/C(C)=C\C(=O)Cc1ccc([N-]C(=O)CC(=O)[N-]CCOCCCOC=O)cc1.[Rb+].[Rb+]. The van der Waals surface area contributed by atoms with Crippen LogP contribution in [0.25, 0.3) is 10.6 Å². The van der Waals surface area contributed by atoms with Crippen LogP contribution >= 0.6 is 0 Å². The molecular weight excluding hydrogens is 561 g/mol. The van der Waals surface area contributed by atoms with Crippen LogP contribution in [0.4, 0.5) is 5.69 Å². The topological polar surface area (TPSA) is 127 Å². The molecule has 32 heavy (non-hydrogen) atoms. The molecule has 0 aliphatic carbocycles. The van der Waals surface area contributed by atoms with Crippen molar-refractivity contribution in [2.45, 2.75) is 26.2 Å². The summed E-state index contributed by atoms with van der Waals surface area (Å²) in [6, 6.07) is 6.68. The van der Waals surface area contributed by atoms with E-state index in [1.54, 1.807) is 38.2 Å². The molecule has 0 saturated carbocycles. The van der Waals surface area contributed by atoms with E-state index in [4.69, 9.17) is 4.74 Å². The number of benzene rings is 1. The molecule has 1 aromatic carbocycles. The molecule has 1 N–H and O–H groups in total. The number of amides is 2. The second-order valence-electron chi connectivity index (χ2n) is 6.28. The van der Waals surface area contributed by atoms with Crippen LogP contribution in [0.5, 0.6) is 0 Å². The van der Waals surface area contributed by atoms with E-state index < -0.39 is 18.2 Å². The summed E-state index contributed by atoms with van der Waals surface area (Å²) in [6.45, 7) is 3.22. The molecule has 0 fully saturated rings. The first-order valence-electron chi connectivity index (χ1n) is 9.50. The van der Waals surface area contributed by atoms with Gasteiger partial charge in [-0.3, -0.25) is 9.59 Å². The summed E-state index contributed by atoms with van der Waals surface area (Å²) in [5.41, 5.74) is 1.99. The summed E-state index contributed by atoms with van der Waals surface area (Å²) in [6.07, 6.45) is 1.92. The van der Waals surface area contributed by atoms with E-state index in [-0.39, 0.29) is 148 Å². The summed E-state index contributed by atoms with van der Waals surface area (Å²) < 4.78 is 9.72. The Labute approximate surface area is 286 Å². The Bertz CT molecular complexity index is 742. The number of rotatable bonds is 15. The Morgan fingerprint density at radius 3 is 2.34 bits per heavy atom. The predicted octanol–water partition coefficient (Wildman–Crippen LogP) is -3.67. The van der Waals surface area contributed by atoms with Crippen LogP contribution in [0.1, 0.15) is 25.3 Å². The van der Waals surface area contributed by atoms with Crippen molar-refractivity contribution in [2.75, 3.05) is 33.4 Å². The fraction of sp³-hybridized carbons (Fsp3) is 0.429. The number of allylic oxidation sites excluding steroid dienone is 2. The van der Waals surface area contributed by atoms with Crippen molar-refractivity contribution in [3.63, 3.8) is 0 Å². The summed E-state index contributed by atoms with van der Waals surface area (Å²) in [4.78, 5) is 45.4. The molecule has 1 rings (SSSR count). The average Bonchev–Trinajstić information content (AvgIpc) is 2.71. The summed E-state index contributed by atoms with van der Waals surface area (Å²) in [5.74, 6) is -1.19. The zero-order chi connectivity index (χ0) is 22.2. The minimum Gasteiger partial charge on any atom is -0.651 e. The van der Waals surface area contributed by atoms with Gasteiger partial charge in [0.05, 0.1) is 18.4 Å². The Morgan fingerprint density at radius 1 is 1.03 bits per heavy atom. The fourth-order valence-electron chi connectivity index (χ4n) is 2.25. The summed E-state index contributed by atoms with van der Waals surface area (Å²) in [5, 5.41) is 10.5. The molecule has 0 aliphatic rings. The van der Waals surface area contributed by atoms with Crippen molar-refractivity contribution < 1.29 is 145 Å². The number of carbonyl (C=O) groups is 4. The maximum atomic E-state index is 11.9. The molecule has 0 saturated heterocycles. The van der Waals surface area contributed by atoms with Gasteiger partial charge in [0.2, 0.25) is 0 Å². The molecule has 0 atom stereocenters. The van der Waals surface area contributed by atoms with Crippen LogP contribution in [-0.4, -0.2) is 57.5 Å². The Hall–Kier alpha value is 0.410. The molecule has 164 valence electrons. The van der Waals surface area contributed by atoms with Crippen LogP contribution in [-0.2, 0) is 35.1 Å². The zero-order valence-electron chi connectivity index (χ0n) is 19.3. The van der Waals surface area contributed by atoms with Crippen molar-refractivity contribution in [2.24, 2.45) is 0 Å². The van der Waals surface area contributed by atoms with E-state index in [0.29, 0.717) is 25.2 Å². The first kappa shape index (κ1) is 34.6. The molecule has 0 unspecified atom stereocenters. The van der Waals surface area contributed by atoms with Gasteiger partial charge in [0.1, 0.15) is 0 Å². The number of ether oxygens (including phenoxy) is 2. The van der Waals surface area contributed by atoms with Crippen LogP contribution in [0.15, 0.2) is 36.0 Å². The Balaban J connectivity index is 0. The van der Waals surface area contributed by atoms with Gasteiger partial charge in [-0.05, 0) is 12.5 Å². The van der Waals surface area contributed by atoms with E-state index in [0.717, 1.165) is 11.3 Å². The average molecular weight is 588 g/mol. The molecule has 2 amide bonds. The van der Waals surface area contributed by atoms with Gasteiger partial charge < -0.3 is 35.0 Å². The van der Waals surface area contributed by atoms with E-state index in [1.165, 1.54) is 6.08 Å². The largest absolute Gasteiger partial charge is 1.00 e. The minimum atomic E-state index is -0.591. The van der Waals surface area contributed by atoms with Crippen molar-refractivity contribution in [3.8, 4) is 0 Å². The number of carbonyl (C=O) groups excluding carboxylic acids is 4. The van der Waals surface area contributed by atoms with Gasteiger partial charge in [-0.1, -0.05) is 24.3 Å². The number of nitrogens with one attached hydrogen (secondary N) is 1. The van der Waals surface area contributed by atoms with Gasteiger partial charge in [-0.15, -0.1) is 12.2 Å². The van der Waals surface area contributed by atoms with E-state index >= 15 is 0 Å². The first-order chi connectivity index (χ1) is 14.4. The first-order valence-corrected chi connectivity index (χ1v) is 9.50. The van der Waals surface area contributed by atoms with Crippen molar-refractivity contribution >= 4 is 29.8 Å². The van der Waals surface area contributed by atoms with Crippen molar-refractivity contribution in [1.29, 1.82) is 0 Å². The Morgan fingerprint density at radius 2 is 1.72 bits per heavy atom. The molecule has 0 radical (unpaired) electrons. The van der Waals surface area contributed by atoms with Gasteiger partial charge in [0.25, 0.3) is 6.47 Å². The van der Waals surface area contributed by atoms with E-state index in [2.05, 4.69) is 20.7 Å². The summed E-state index contributed by atoms with van der Waals surface area (Å²) in [7, 11) is 1.74. The second kappa shape index (κ2) is 21.9. The maximum Gasteiger partial charge on any atom is 1.00 e. The van der Waals surface area contributed by atoms with Crippen LogP contribution in [0, 0.1) is 0 Å². The standard InChI is InChI=1S/C21H29N3O6.2Rb/c1-16(22-2)12-19(26)13-17-4-6-18(7-5-17)24-21(28)14-20(27)23-8-11-29-9-3-10-30-15-25;;/h4-7,12,15H,3,8-11,13-14H2,1-2H3,(H3,22,23,24,26,27,28);;/q;2*+1/p-2. The molecule has 0 aromatic heterocycles. The fourth-order valence-corrected chi connectivity index (χ4v) is 2.25. The van der Waals surface area contributed by atoms with Crippen molar-refractivity contribution in [1.82, 2.24) is 5.32 Å². The van der Waals surface area contributed by atoms with E-state index in [9.17, 15) is 19.2 Å². The summed E-state index contributed by atoms with van der Waals surface area (Å²) >= 11 is 0. The zero-order valence-corrected chi connectivity index (χ0v) is 29.1. The van der Waals surface area contributed by atoms with Crippen LogP contribution < -0.4 is 122 Å². The Kier molecular flexibility index (Phi) is 23.7. The third-order valence-electron chi connectivity index (χ3n) is 3.79. The molecule has 0 heterocycles. The predicted molar refractivity (Wildman–Crippen MR) is 111 cm³/mol. The van der Waals surface area contributed by atoms with Crippen LogP contribution in [0.3, 0.4) is 0 Å². The number of hydrogen-bond donors (Lipinski definition) is 1. The minimum absolute atomic E-state index is 0. The monoisotopic (exact) mass is 587 g/mol. The molecule has 11 heteroatoms. The molecular formula is C21H27N3O6Rb2. The smallest absolute Gasteiger partial charge is 0.651 e. The molecule has 0 aliphatic heterocycles. The normalized spacial score (nSPS) is 10.1. The van der Waals surface area contributed by atoms with Crippen molar-refractivity contribution in [3.05, 3.63) is 52.2 Å². The van der Waals surface area contributed by atoms with Gasteiger partial charge in [0, 0.05) is 51.3 Å². The molecule has 1 aromatic rings. The number of ketones is 1. The molecule has 9 nitrogen and oxygen atoms in total. The third kappa shape index (κ3) is 17.8. The van der Waals surface area contributed by atoms with Gasteiger partial charge >= 0.3 is 116 Å². The van der Waals surface area contributed by atoms with Gasteiger partial charge in [-0.2, -0.15) is 0 Å². The third-order valence-corrected chi connectivity index (χ3v) is 3.79. The maximum absolute atomic E-state index is 11.9. The van der Waals surface area contributed by atoms with Gasteiger partial charge in [0.15, 0.2) is 5.78 Å². The molecule has 0 bridgehead atoms. The van der Waals surface area contributed by atoms with Crippen LogP contribution in [0.2, 0.25) is 0 Å². The van der Waals surface area contributed by atoms with Gasteiger partial charge in [-0.25, -0.2) is 0 Å².